The van der Waals surface area contributed by atoms with Crippen LogP contribution in [0.5, 0.6) is 0 Å². The first-order valence-corrected chi connectivity index (χ1v) is 9.17. The normalized spacial score (nSPS) is 14.4. The van der Waals surface area contributed by atoms with Crippen LogP contribution in [0.15, 0.2) is 48.9 Å². The number of nitrogens with one attached hydrogen (secondary N) is 2. The van der Waals surface area contributed by atoms with Crippen molar-refractivity contribution in [1.29, 1.82) is 0 Å². The van der Waals surface area contributed by atoms with Crippen molar-refractivity contribution in [3.63, 3.8) is 0 Å². The van der Waals surface area contributed by atoms with Crippen molar-refractivity contribution in [3.8, 4) is 0 Å². The van der Waals surface area contributed by atoms with E-state index in [0.717, 1.165) is 31.2 Å². The molecule has 0 unspecified atom stereocenters. The summed E-state index contributed by atoms with van der Waals surface area (Å²) in [5.41, 5.74) is 1.86. The van der Waals surface area contributed by atoms with Crippen LogP contribution in [-0.2, 0) is 6.54 Å². The Bertz CT molecular complexity index is 961. The van der Waals surface area contributed by atoms with E-state index in [0.29, 0.717) is 12.1 Å². The average molecular weight is 363 g/mol. The van der Waals surface area contributed by atoms with E-state index in [1.54, 1.807) is 29.1 Å². The van der Waals surface area contributed by atoms with E-state index in [4.69, 9.17) is 0 Å². The molecule has 0 aliphatic heterocycles. The van der Waals surface area contributed by atoms with Gasteiger partial charge in [-0.15, -0.1) is 0 Å². The zero-order valence-electron chi connectivity index (χ0n) is 14.9. The monoisotopic (exact) mass is 363 g/mol. The molecule has 0 bridgehead atoms. The Hall–Kier alpha value is -3.22. The summed E-state index contributed by atoms with van der Waals surface area (Å²) in [6.07, 6.45) is 9.37. The Balaban J connectivity index is 1.57. The van der Waals surface area contributed by atoms with Gasteiger partial charge in [0.05, 0.1) is 5.52 Å². The Morgan fingerprint density at radius 2 is 1.85 bits per heavy atom. The van der Waals surface area contributed by atoms with Gasteiger partial charge in [0.15, 0.2) is 5.69 Å². The third kappa shape index (κ3) is 3.67. The fourth-order valence-electron chi connectivity index (χ4n) is 3.45. The Labute approximate surface area is 156 Å². The van der Waals surface area contributed by atoms with E-state index in [2.05, 4.69) is 20.6 Å². The van der Waals surface area contributed by atoms with Crippen molar-refractivity contribution in [2.45, 2.75) is 38.3 Å². The lowest BCUT2D eigenvalue weighted by Gasteiger charge is -2.10. The number of imidazole rings is 1. The molecule has 1 aliphatic rings. The van der Waals surface area contributed by atoms with E-state index >= 15 is 0 Å². The first-order valence-electron chi connectivity index (χ1n) is 9.17. The van der Waals surface area contributed by atoms with Gasteiger partial charge in [-0.25, -0.2) is 4.98 Å². The molecule has 0 spiro atoms. The largest absolute Gasteiger partial charge is 0.348 e. The summed E-state index contributed by atoms with van der Waals surface area (Å²) in [5.74, 6) is -0.344. The molecule has 2 amide bonds. The van der Waals surface area contributed by atoms with E-state index in [1.165, 1.54) is 0 Å². The van der Waals surface area contributed by atoms with Crippen LogP contribution in [0.2, 0.25) is 0 Å². The lowest BCUT2D eigenvalue weighted by Crippen LogP contribution is -2.33. The number of hydrogen-bond acceptors (Lipinski definition) is 4. The van der Waals surface area contributed by atoms with Crippen LogP contribution in [0.1, 0.15) is 52.4 Å². The number of rotatable bonds is 5. The standard InChI is InChI=1S/C20H21N5O2/c26-19(23-15-5-1-2-6-15)17-16-7-3-4-12-25(16)18(24-17)20(27)22-13-14-8-10-21-11-9-14/h3-4,7-12,15H,1-2,5-6,13H2,(H,22,27)(H,23,26). The van der Waals surface area contributed by atoms with E-state index in [9.17, 15) is 9.59 Å². The number of carbonyl (C=O) groups is 2. The van der Waals surface area contributed by atoms with Crippen LogP contribution < -0.4 is 10.6 Å². The lowest BCUT2D eigenvalue weighted by molar-refractivity contribution is 0.0935. The van der Waals surface area contributed by atoms with Crippen molar-refractivity contribution in [3.05, 3.63) is 66.0 Å². The molecule has 7 heteroatoms. The molecule has 4 rings (SSSR count). The summed E-state index contributed by atoms with van der Waals surface area (Å²) in [4.78, 5) is 33.7. The highest BCUT2D eigenvalue weighted by Gasteiger charge is 2.24. The summed E-state index contributed by atoms with van der Waals surface area (Å²) >= 11 is 0. The quantitative estimate of drug-likeness (QED) is 0.728. The van der Waals surface area contributed by atoms with Crippen LogP contribution in [0.25, 0.3) is 5.52 Å². The molecular weight excluding hydrogens is 342 g/mol. The molecule has 3 heterocycles. The lowest BCUT2D eigenvalue weighted by atomic mass is 10.2. The summed E-state index contributed by atoms with van der Waals surface area (Å²) in [5, 5.41) is 5.89. The highest BCUT2D eigenvalue weighted by Crippen LogP contribution is 2.19. The number of hydrogen-bond donors (Lipinski definition) is 2. The second-order valence-corrected chi connectivity index (χ2v) is 6.73. The molecule has 0 aromatic carbocycles. The molecule has 0 atom stereocenters. The molecule has 2 N–H and O–H groups in total. The highest BCUT2D eigenvalue weighted by atomic mass is 16.2. The Kier molecular flexibility index (Phi) is 4.82. The van der Waals surface area contributed by atoms with Crippen molar-refractivity contribution in [1.82, 2.24) is 25.0 Å². The average Bonchev–Trinajstić information content (AvgIpc) is 3.34. The second kappa shape index (κ2) is 7.57. The topological polar surface area (TPSA) is 88.4 Å². The van der Waals surface area contributed by atoms with Crippen LogP contribution in [0.3, 0.4) is 0 Å². The third-order valence-electron chi connectivity index (χ3n) is 4.86. The van der Waals surface area contributed by atoms with Crippen LogP contribution >= 0.6 is 0 Å². The predicted octanol–water partition coefficient (Wildman–Crippen LogP) is 2.33. The molecule has 138 valence electrons. The SMILES string of the molecule is O=C(NC1CCCC1)c1nc(C(=O)NCc2ccncc2)n2ccccc12. The van der Waals surface area contributed by atoms with Crippen molar-refractivity contribution >= 4 is 17.3 Å². The molecule has 3 aromatic rings. The van der Waals surface area contributed by atoms with Crippen molar-refractivity contribution in [2.24, 2.45) is 0 Å². The third-order valence-corrected chi connectivity index (χ3v) is 4.86. The van der Waals surface area contributed by atoms with Gasteiger partial charge in [-0.2, -0.15) is 0 Å². The minimum Gasteiger partial charge on any atom is -0.348 e. The smallest absolute Gasteiger partial charge is 0.287 e. The van der Waals surface area contributed by atoms with Gasteiger partial charge in [-0.1, -0.05) is 18.9 Å². The summed E-state index contributed by atoms with van der Waals surface area (Å²) in [6, 6.07) is 9.32. The van der Waals surface area contributed by atoms with Gasteiger partial charge in [0.2, 0.25) is 5.82 Å². The van der Waals surface area contributed by atoms with Gasteiger partial charge in [0, 0.05) is 31.2 Å². The number of carbonyl (C=O) groups excluding carboxylic acids is 2. The van der Waals surface area contributed by atoms with Crippen LogP contribution in [0, 0.1) is 0 Å². The zero-order valence-corrected chi connectivity index (χ0v) is 14.9. The Morgan fingerprint density at radius 3 is 2.63 bits per heavy atom. The van der Waals surface area contributed by atoms with Crippen molar-refractivity contribution < 1.29 is 9.59 Å². The molecule has 27 heavy (non-hydrogen) atoms. The maximum absolute atomic E-state index is 12.7. The fourth-order valence-corrected chi connectivity index (χ4v) is 3.45. The first-order chi connectivity index (χ1) is 13.2. The molecule has 1 saturated carbocycles. The molecular formula is C20H21N5O2. The van der Waals surface area contributed by atoms with Gasteiger partial charge < -0.3 is 10.6 Å². The molecule has 0 saturated heterocycles. The number of aromatic nitrogens is 3. The summed E-state index contributed by atoms with van der Waals surface area (Å²) < 4.78 is 1.66. The molecule has 7 nitrogen and oxygen atoms in total. The maximum atomic E-state index is 12.7. The first kappa shape index (κ1) is 17.2. The van der Waals surface area contributed by atoms with E-state index < -0.39 is 0 Å². The summed E-state index contributed by atoms with van der Waals surface area (Å²) in [6.45, 7) is 0.368. The number of fused-ring (bicyclic) bond motifs is 1. The highest BCUT2D eigenvalue weighted by molar-refractivity contribution is 6.02. The summed E-state index contributed by atoms with van der Waals surface area (Å²) in [7, 11) is 0. The van der Waals surface area contributed by atoms with Gasteiger partial charge in [0.25, 0.3) is 11.8 Å². The number of pyridine rings is 2. The minimum absolute atomic E-state index is 0.196. The molecule has 3 aromatic heterocycles. The predicted molar refractivity (Wildman–Crippen MR) is 100 cm³/mol. The van der Waals surface area contributed by atoms with Gasteiger partial charge in [-0.05, 0) is 42.7 Å². The van der Waals surface area contributed by atoms with Crippen LogP contribution in [0.4, 0.5) is 0 Å². The Morgan fingerprint density at radius 1 is 1.07 bits per heavy atom. The molecule has 1 aliphatic carbocycles. The van der Waals surface area contributed by atoms with Gasteiger partial charge in [-0.3, -0.25) is 19.0 Å². The zero-order chi connectivity index (χ0) is 18.6. The minimum atomic E-state index is -0.326. The van der Waals surface area contributed by atoms with E-state index in [-0.39, 0.29) is 29.4 Å². The van der Waals surface area contributed by atoms with Gasteiger partial charge >= 0.3 is 0 Å². The molecule has 0 radical (unpaired) electrons. The number of amides is 2. The fraction of sp³-hybridized carbons (Fsp3) is 0.300. The number of nitrogens with zero attached hydrogens (tertiary/aromatic N) is 3. The second-order valence-electron chi connectivity index (χ2n) is 6.73. The maximum Gasteiger partial charge on any atom is 0.287 e. The van der Waals surface area contributed by atoms with Gasteiger partial charge in [0.1, 0.15) is 0 Å². The van der Waals surface area contributed by atoms with E-state index in [1.807, 2.05) is 24.3 Å². The van der Waals surface area contributed by atoms with Crippen LogP contribution in [-0.4, -0.2) is 32.2 Å². The van der Waals surface area contributed by atoms with Crippen molar-refractivity contribution in [2.75, 3.05) is 0 Å². The molecule has 1 fully saturated rings.